The number of nitrogens with zero attached hydrogens (tertiary/aromatic N) is 3. The Labute approximate surface area is 182 Å². The third-order valence-corrected chi connectivity index (χ3v) is 5.28. The molecule has 0 radical (unpaired) electrons. The summed E-state index contributed by atoms with van der Waals surface area (Å²) in [6.45, 7) is 6.28. The summed E-state index contributed by atoms with van der Waals surface area (Å²) in [6.07, 6.45) is 2.27. The van der Waals surface area contributed by atoms with Gasteiger partial charge in [-0.15, -0.1) is 0 Å². The summed E-state index contributed by atoms with van der Waals surface area (Å²) in [4.78, 5) is 39.1. The van der Waals surface area contributed by atoms with Gasteiger partial charge in [-0.05, 0) is 52.2 Å². The van der Waals surface area contributed by atoms with Gasteiger partial charge in [0.25, 0.3) is 5.91 Å². The molecular formula is C22H31N5O4. The highest BCUT2D eigenvalue weighted by Gasteiger charge is 2.38. The number of hydrazone groups is 1. The number of alkyl carbamates (subject to hydrolysis) is 1. The lowest BCUT2D eigenvalue weighted by Crippen LogP contribution is -2.52. The number of carbonyl (C=O) groups excluding carboxylic acids is 3. The lowest BCUT2D eigenvalue weighted by molar-refractivity contribution is -0.127. The Morgan fingerprint density at radius 2 is 1.90 bits per heavy atom. The zero-order valence-corrected chi connectivity index (χ0v) is 18.3. The predicted molar refractivity (Wildman–Crippen MR) is 118 cm³/mol. The highest BCUT2D eigenvalue weighted by Crippen LogP contribution is 2.26. The number of ether oxygens (including phenoxy) is 1. The predicted octanol–water partition coefficient (Wildman–Crippen LogP) is 2.01. The minimum absolute atomic E-state index is 0.158. The Bertz CT molecular complexity index is 849. The van der Waals surface area contributed by atoms with E-state index in [4.69, 9.17) is 10.5 Å². The minimum atomic E-state index is -0.704. The van der Waals surface area contributed by atoms with Crippen LogP contribution in [0, 0.1) is 0 Å². The number of piperidine rings is 1. The summed E-state index contributed by atoms with van der Waals surface area (Å²) in [7, 11) is 0. The first-order valence-corrected chi connectivity index (χ1v) is 10.6. The van der Waals surface area contributed by atoms with Crippen LogP contribution < -0.4 is 16.1 Å². The summed E-state index contributed by atoms with van der Waals surface area (Å²) in [5, 5.41) is 8.75. The Hall–Kier alpha value is -3.10. The van der Waals surface area contributed by atoms with Gasteiger partial charge in [0.05, 0.1) is 5.69 Å². The second kappa shape index (κ2) is 9.36. The first-order valence-electron chi connectivity index (χ1n) is 10.6. The zero-order chi connectivity index (χ0) is 22.6. The molecule has 3 N–H and O–H groups in total. The van der Waals surface area contributed by atoms with E-state index in [1.165, 1.54) is 5.01 Å². The molecule has 1 fully saturated rings. The van der Waals surface area contributed by atoms with Crippen LogP contribution in [0.2, 0.25) is 0 Å². The van der Waals surface area contributed by atoms with Gasteiger partial charge >= 0.3 is 6.09 Å². The number of rotatable bonds is 5. The van der Waals surface area contributed by atoms with Gasteiger partial charge in [0.1, 0.15) is 17.4 Å². The van der Waals surface area contributed by atoms with Crippen LogP contribution in [0.15, 0.2) is 35.4 Å². The van der Waals surface area contributed by atoms with Crippen molar-refractivity contribution in [1.29, 1.82) is 0 Å². The molecule has 0 aliphatic carbocycles. The van der Waals surface area contributed by atoms with E-state index in [9.17, 15) is 14.4 Å². The molecule has 3 amide bonds. The summed E-state index contributed by atoms with van der Waals surface area (Å²) in [5.74, 6) is -0.752. The summed E-state index contributed by atoms with van der Waals surface area (Å²) in [6, 6.07) is 8.32. The molecule has 2 unspecified atom stereocenters. The molecule has 1 saturated heterocycles. The Balaban J connectivity index is 1.72. The van der Waals surface area contributed by atoms with E-state index in [0.29, 0.717) is 24.5 Å². The second-order valence-electron chi connectivity index (χ2n) is 8.88. The van der Waals surface area contributed by atoms with Gasteiger partial charge in [0.2, 0.25) is 5.91 Å². The van der Waals surface area contributed by atoms with Crippen LogP contribution in [-0.4, -0.2) is 59.3 Å². The van der Waals surface area contributed by atoms with Gasteiger partial charge in [-0.1, -0.05) is 18.2 Å². The highest BCUT2D eigenvalue weighted by molar-refractivity contribution is 6.40. The molecule has 2 atom stereocenters. The van der Waals surface area contributed by atoms with Crippen LogP contribution in [0.3, 0.4) is 0 Å². The highest BCUT2D eigenvalue weighted by atomic mass is 16.6. The molecule has 2 heterocycles. The van der Waals surface area contributed by atoms with Gasteiger partial charge in [-0.3, -0.25) is 14.6 Å². The number of amides is 3. The zero-order valence-electron chi connectivity index (χ0n) is 18.3. The lowest BCUT2D eigenvalue weighted by atomic mass is 10.00. The van der Waals surface area contributed by atoms with Crippen LogP contribution in [-0.2, 0) is 14.3 Å². The molecule has 3 rings (SSSR count). The first-order chi connectivity index (χ1) is 14.7. The quantitative estimate of drug-likeness (QED) is 0.742. The molecule has 168 valence electrons. The van der Waals surface area contributed by atoms with Crippen LogP contribution >= 0.6 is 0 Å². The third kappa shape index (κ3) is 5.74. The number of hydrogen-bond donors (Lipinski definition) is 2. The molecule has 1 aromatic carbocycles. The largest absolute Gasteiger partial charge is 0.444 e. The van der Waals surface area contributed by atoms with Crippen LogP contribution in [0.4, 0.5) is 10.5 Å². The van der Waals surface area contributed by atoms with Crippen molar-refractivity contribution in [2.24, 2.45) is 10.8 Å². The van der Waals surface area contributed by atoms with Gasteiger partial charge in [0.15, 0.2) is 0 Å². The Kier molecular flexibility index (Phi) is 6.82. The van der Waals surface area contributed by atoms with Crippen molar-refractivity contribution in [2.75, 3.05) is 18.1 Å². The molecule has 9 nitrogen and oxygen atoms in total. The van der Waals surface area contributed by atoms with Gasteiger partial charge < -0.3 is 20.7 Å². The Morgan fingerprint density at radius 1 is 1.19 bits per heavy atom. The fourth-order valence-corrected chi connectivity index (χ4v) is 3.84. The van der Waals surface area contributed by atoms with Crippen molar-refractivity contribution in [3.63, 3.8) is 0 Å². The topological polar surface area (TPSA) is 117 Å². The molecule has 2 aliphatic rings. The molecular weight excluding hydrogens is 398 g/mol. The average Bonchev–Trinajstić information content (AvgIpc) is 3.17. The van der Waals surface area contributed by atoms with E-state index in [1.807, 2.05) is 30.3 Å². The van der Waals surface area contributed by atoms with E-state index in [-0.39, 0.29) is 18.4 Å². The van der Waals surface area contributed by atoms with Crippen molar-refractivity contribution < 1.29 is 19.1 Å². The maximum Gasteiger partial charge on any atom is 0.407 e. The summed E-state index contributed by atoms with van der Waals surface area (Å²) >= 11 is 0. The number of carbonyl (C=O) groups is 3. The number of likely N-dealkylation sites (tertiary alicyclic amines) is 1. The molecule has 2 aliphatic heterocycles. The van der Waals surface area contributed by atoms with Crippen molar-refractivity contribution >= 4 is 29.3 Å². The summed E-state index contributed by atoms with van der Waals surface area (Å²) < 4.78 is 5.29. The van der Waals surface area contributed by atoms with Crippen molar-refractivity contribution in [3.05, 3.63) is 30.3 Å². The fraction of sp³-hybridized carbons (Fsp3) is 0.545. The average molecular weight is 430 g/mol. The van der Waals surface area contributed by atoms with E-state index < -0.39 is 23.6 Å². The number of primary amides is 1. The molecule has 0 saturated carbocycles. The second-order valence-corrected chi connectivity index (χ2v) is 8.88. The third-order valence-electron chi connectivity index (χ3n) is 5.28. The molecule has 0 spiro atoms. The number of nitrogens with two attached hydrogens (primary N) is 1. The fourth-order valence-electron chi connectivity index (χ4n) is 3.84. The molecule has 31 heavy (non-hydrogen) atoms. The number of benzene rings is 1. The van der Waals surface area contributed by atoms with Crippen LogP contribution in [0.25, 0.3) is 0 Å². The normalized spacial score (nSPS) is 21.5. The van der Waals surface area contributed by atoms with Crippen molar-refractivity contribution in [1.82, 2.24) is 10.2 Å². The van der Waals surface area contributed by atoms with Crippen molar-refractivity contribution in [2.45, 2.75) is 64.1 Å². The molecule has 0 bridgehead atoms. The van der Waals surface area contributed by atoms with E-state index in [0.717, 1.165) is 19.3 Å². The van der Waals surface area contributed by atoms with Gasteiger partial charge in [-0.25, -0.2) is 4.79 Å². The van der Waals surface area contributed by atoms with E-state index >= 15 is 0 Å². The van der Waals surface area contributed by atoms with Gasteiger partial charge in [0, 0.05) is 25.6 Å². The first kappa shape index (κ1) is 22.6. The smallest absolute Gasteiger partial charge is 0.407 e. The lowest BCUT2D eigenvalue weighted by Gasteiger charge is -2.36. The SMILES string of the molecule is CC(C)(C)OC(=O)NCC1CCCCN1C(=O)C1=NN(c2ccccc2)C(C(N)=O)C1. The number of anilines is 1. The maximum atomic E-state index is 13.3. The minimum Gasteiger partial charge on any atom is -0.444 e. The molecule has 1 aromatic rings. The van der Waals surface area contributed by atoms with E-state index in [2.05, 4.69) is 10.4 Å². The van der Waals surface area contributed by atoms with Crippen LogP contribution in [0.1, 0.15) is 46.5 Å². The maximum absolute atomic E-state index is 13.3. The van der Waals surface area contributed by atoms with Crippen LogP contribution in [0.5, 0.6) is 0 Å². The monoisotopic (exact) mass is 429 g/mol. The number of nitrogens with one attached hydrogen (secondary N) is 1. The molecule has 9 heteroatoms. The number of para-hydroxylation sites is 1. The number of hydrogen-bond acceptors (Lipinski definition) is 6. The Morgan fingerprint density at radius 3 is 2.55 bits per heavy atom. The molecule has 0 aromatic heterocycles. The summed E-state index contributed by atoms with van der Waals surface area (Å²) in [5.41, 5.74) is 6.00. The van der Waals surface area contributed by atoms with Gasteiger partial charge in [-0.2, -0.15) is 5.10 Å². The standard InChI is InChI=1S/C22H31N5O4/c1-22(2,3)31-21(30)24-14-16-11-7-8-12-26(16)20(29)17-13-18(19(23)28)27(25-17)15-9-5-4-6-10-15/h4-6,9-10,16,18H,7-8,11-14H2,1-3H3,(H2,23,28)(H,24,30). The van der Waals surface area contributed by atoms with E-state index in [1.54, 1.807) is 25.7 Å². The van der Waals surface area contributed by atoms with Crippen molar-refractivity contribution in [3.8, 4) is 0 Å².